The maximum absolute atomic E-state index is 12.8. The van der Waals surface area contributed by atoms with E-state index in [-0.39, 0.29) is 18.0 Å². The van der Waals surface area contributed by atoms with Crippen molar-refractivity contribution in [3.05, 3.63) is 70.7 Å². The van der Waals surface area contributed by atoms with Crippen molar-refractivity contribution in [1.29, 1.82) is 0 Å². The Labute approximate surface area is 181 Å². The van der Waals surface area contributed by atoms with Crippen LogP contribution in [0.25, 0.3) is 0 Å². The van der Waals surface area contributed by atoms with Crippen LogP contribution in [0.5, 0.6) is 0 Å². The lowest BCUT2D eigenvalue weighted by atomic mass is 10.2. The topological polar surface area (TPSA) is 69.6 Å². The van der Waals surface area contributed by atoms with Gasteiger partial charge in [-0.1, -0.05) is 18.2 Å². The Morgan fingerprint density at radius 3 is 2.61 bits per heavy atom. The Morgan fingerprint density at radius 2 is 1.94 bits per heavy atom. The number of rotatable bonds is 7. The number of hydrogen-bond donors (Lipinski definition) is 2. The Kier molecular flexibility index (Phi) is 6.91. The zero-order valence-electron chi connectivity index (χ0n) is 16.8. The van der Waals surface area contributed by atoms with Crippen molar-refractivity contribution in [2.24, 2.45) is 5.10 Å². The molecule has 2 N–H and O–H groups in total. The van der Waals surface area contributed by atoms with Gasteiger partial charge in [0.2, 0.25) is 5.91 Å². The van der Waals surface area contributed by atoms with Crippen molar-refractivity contribution >= 4 is 40.0 Å². The predicted octanol–water partition coefficient (Wildman–Crippen LogP) is 4.66. The first-order valence-corrected chi connectivity index (χ1v) is 10.1. The molecule has 0 bridgehead atoms. The summed E-state index contributed by atoms with van der Waals surface area (Å²) in [4.78, 5) is 18.3. The van der Waals surface area contributed by atoms with E-state index in [1.54, 1.807) is 11.6 Å². The number of hydrogen-bond acceptors (Lipinski definition) is 6. The Balaban J connectivity index is 1.53. The molecule has 0 fully saturated rings. The highest BCUT2D eigenvalue weighted by atomic mass is 32.1. The number of amides is 1. The van der Waals surface area contributed by atoms with Gasteiger partial charge in [-0.3, -0.25) is 4.79 Å². The molecule has 0 radical (unpaired) electrons. The highest BCUT2D eigenvalue weighted by Gasteiger charge is 2.30. The normalized spacial score (nSPS) is 11.5. The van der Waals surface area contributed by atoms with Gasteiger partial charge < -0.3 is 10.2 Å². The van der Waals surface area contributed by atoms with E-state index < -0.39 is 11.7 Å². The smallest absolute Gasteiger partial charge is 0.378 e. The minimum atomic E-state index is -4.42. The third-order valence-electron chi connectivity index (χ3n) is 4.15. The summed E-state index contributed by atoms with van der Waals surface area (Å²) >= 11 is 1.20. The fourth-order valence-electron chi connectivity index (χ4n) is 2.58. The first-order valence-electron chi connectivity index (χ1n) is 9.19. The van der Waals surface area contributed by atoms with Crippen molar-refractivity contribution in [3.63, 3.8) is 0 Å². The van der Waals surface area contributed by atoms with Crippen molar-refractivity contribution in [2.75, 3.05) is 24.3 Å². The molecule has 31 heavy (non-hydrogen) atoms. The van der Waals surface area contributed by atoms with Crippen LogP contribution < -0.4 is 15.6 Å². The third-order valence-corrected chi connectivity index (χ3v) is 4.95. The van der Waals surface area contributed by atoms with Crippen LogP contribution >= 0.6 is 11.3 Å². The van der Waals surface area contributed by atoms with E-state index in [2.05, 4.69) is 20.8 Å². The van der Waals surface area contributed by atoms with Crippen LogP contribution in [-0.4, -0.2) is 31.2 Å². The van der Waals surface area contributed by atoms with Gasteiger partial charge in [-0.15, -0.1) is 11.3 Å². The molecule has 0 aliphatic rings. The fraction of sp³-hybridized carbons (Fsp3) is 0.190. The Bertz CT molecular complexity index is 1060. The molecular weight excluding hydrogens is 427 g/mol. The second-order valence-electron chi connectivity index (χ2n) is 6.80. The largest absolute Gasteiger partial charge is 0.416 e. The standard InChI is InChI=1S/C21H20F3N5OS/c1-29(2)18-8-6-14(7-9-18)12-25-28-19(30)11-17-13-31-20(27-17)26-16-5-3-4-15(10-16)21(22,23)24/h3-10,12-13H,11H2,1-2H3,(H,26,27)(H,28,30). The molecule has 1 aromatic heterocycles. The molecular formula is C21H20F3N5OS. The minimum absolute atomic E-state index is 0.00230. The van der Waals surface area contributed by atoms with Gasteiger partial charge >= 0.3 is 6.18 Å². The molecule has 0 aliphatic heterocycles. The second kappa shape index (κ2) is 9.61. The summed E-state index contributed by atoms with van der Waals surface area (Å²) in [6.07, 6.45) is -2.88. The molecule has 10 heteroatoms. The van der Waals surface area contributed by atoms with E-state index in [0.29, 0.717) is 10.8 Å². The van der Waals surface area contributed by atoms with E-state index >= 15 is 0 Å². The number of anilines is 3. The monoisotopic (exact) mass is 447 g/mol. The van der Waals surface area contributed by atoms with Crippen LogP contribution in [0.1, 0.15) is 16.8 Å². The van der Waals surface area contributed by atoms with Gasteiger partial charge in [0, 0.05) is 30.9 Å². The average molecular weight is 447 g/mol. The van der Waals surface area contributed by atoms with Gasteiger partial charge in [0.15, 0.2) is 5.13 Å². The second-order valence-corrected chi connectivity index (χ2v) is 7.66. The lowest BCUT2D eigenvalue weighted by Gasteiger charge is -2.11. The maximum atomic E-state index is 12.8. The summed E-state index contributed by atoms with van der Waals surface area (Å²) in [6, 6.07) is 12.5. The zero-order valence-corrected chi connectivity index (χ0v) is 17.6. The number of aromatic nitrogens is 1. The van der Waals surface area contributed by atoms with E-state index in [9.17, 15) is 18.0 Å². The van der Waals surface area contributed by atoms with Crippen LogP contribution in [0.4, 0.5) is 29.7 Å². The lowest BCUT2D eigenvalue weighted by molar-refractivity contribution is -0.137. The van der Waals surface area contributed by atoms with E-state index in [4.69, 9.17) is 0 Å². The summed E-state index contributed by atoms with van der Waals surface area (Å²) in [5.41, 5.74) is 4.34. The zero-order chi connectivity index (χ0) is 22.4. The lowest BCUT2D eigenvalue weighted by Crippen LogP contribution is -2.19. The number of alkyl halides is 3. The molecule has 162 valence electrons. The predicted molar refractivity (Wildman–Crippen MR) is 117 cm³/mol. The molecule has 2 aromatic carbocycles. The Morgan fingerprint density at radius 1 is 1.19 bits per heavy atom. The first-order chi connectivity index (χ1) is 14.7. The molecule has 0 unspecified atom stereocenters. The van der Waals surface area contributed by atoms with E-state index in [1.807, 2.05) is 43.3 Å². The van der Waals surface area contributed by atoms with E-state index in [1.165, 1.54) is 23.5 Å². The minimum Gasteiger partial charge on any atom is -0.378 e. The number of nitrogens with one attached hydrogen (secondary N) is 2. The summed E-state index contributed by atoms with van der Waals surface area (Å²) in [7, 11) is 3.89. The van der Waals surface area contributed by atoms with E-state index in [0.717, 1.165) is 23.4 Å². The van der Waals surface area contributed by atoms with Crippen LogP contribution in [0.2, 0.25) is 0 Å². The molecule has 0 aliphatic carbocycles. The molecule has 0 saturated heterocycles. The van der Waals surface area contributed by atoms with Crippen LogP contribution in [0.15, 0.2) is 59.0 Å². The fourth-order valence-corrected chi connectivity index (χ4v) is 3.31. The van der Waals surface area contributed by atoms with Crippen molar-refractivity contribution in [1.82, 2.24) is 10.4 Å². The first kappa shape index (κ1) is 22.3. The number of carbonyl (C=O) groups excluding carboxylic acids is 1. The van der Waals surface area contributed by atoms with Crippen LogP contribution in [-0.2, 0) is 17.4 Å². The summed E-state index contributed by atoms with van der Waals surface area (Å²) < 4.78 is 38.4. The van der Waals surface area contributed by atoms with Gasteiger partial charge in [-0.25, -0.2) is 10.4 Å². The summed E-state index contributed by atoms with van der Waals surface area (Å²) in [6.45, 7) is 0. The number of hydrazone groups is 1. The molecule has 0 saturated carbocycles. The van der Waals surface area contributed by atoms with Crippen molar-refractivity contribution in [3.8, 4) is 0 Å². The molecule has 0 atom stereocenters. The summed E-state index contributed by atoms with van der Waals surface area (Å²) in [5.74, 6) is -0.350. The van der Waals surface area contributed by atoms with Gasteiger partial charge in [-0.05, 0) is 35.9 Å². The number of benzene rings is 2. The van der Waals surface area contributed by atoms with Crippen molar-refractivity contribution in [2.45, 2.75) is 12.6 Å². The summed E-state index contributed by atoms with van der Waals surface area (Å²) in [5, 5.41) is 8.83. The SMILES string of the molecule is CN(C)c1ccc(C=NNC(=O)Cc2csc(Nc3cccc(C(F)(F)F)c3)n2)cc1. The molecule has 1 heterocycles. The molecule has 0 spiro atoms. The van der Waals surface area contributed by atoms with Gasteiger partial charge in [0.05, 0.1) is 23.9 Å². The van der Waals surface area contributed by atoms with Crippen molar-refractivity contribution < 1.29 is 18.0 Å². The highest BCUT2D eigenvalue weighted by molar-refractivity contribution is 7.13. The third kappa shape index (κ3) is 6.54. The number of thiazole rings is 1. The Hall–Kier alpha value is -3.40. The number of carbonyl (C=O) groups is 1. The number of halogens is 3. The maximum Gasteiger partial charge on any atom is 0.416 e. The average Bonchev–Trinajstić information content (AvgIpc) is 3.14. The van der Waals surface area contributed by atoms with Gasteiger partial charge in [0.1, 0.15) is 0 Å². The van der Waals surface area contributed by atoms with Crippen LogP contribution in [0.3, 0.4) is 0 Å². The van der Waals surface area contributed by atoms with Crippen LogP contribution in [0, 0.1) is 0 Å². The number of nitrogens with zero attached hydrogens (tertiary/aromatic N) is 3. The molecule has 6 nitrogen and oxygen atoms in total. The quantitative estimate of drug-likeness (QED) is 0.408. The van der Waals surface area contributed by atoms with Gasteiger partial charge in [0.25, 0.3) is 0 Å². The highest BCUT2D eigenvalue weighted by Crippen LogP contribution is 2.31. The molecule has 1 amide bonds. The molecule has 3 rings (SSSR count). The molecule has 3 aromatic rings. The van der Waals surface area contributed by atoms with Gasteiger partial charge in [-0.2, -0.15) is 18.3 Å².